The average Bonchev–Trinajstić information content (AvgIpc) is 3.17. The monoisotopic (exact) mass is 381 g/mol. The number of fused-ring (bicyclic) bond motifs is 2. The summed E-state index contributed by atoms with van der Waals surface area (Å²) in [6.45, 7) is 6.18. The predicted molar refractivity (Wildman–Crippen MR) is 113 cm³/mol. The lowest BCUT2D eigenvalue weighted by atomic mass is 10.1. The smallest absolute Gasteiger partial charge is 0.233 e. The largest absolute Gasteiger partial charge is 0.436 e. The van der Waals surface area contributed by atoms with Gasteiger partial charge in [-0.3, -0.25) is 4.98 Å². The van der Waals surface area contributed by atoms with Crippen molar-refractivity contribution >= 4 is 21.9 Å². The van der Waals surface area contributed by atoms with E-state index < -0.39 is 0 Å². The number of hydrogen-bond acceptors (Lipinski definition) is 5. The lowest BCUT2D eigenvalue weighted by molar-refractivity contribution is 0.469. The number of aromatic nitrogens is 5. The van der Waals surface area contributed by atoms with Crippen LogP contribution < -0.4 is 4.74 Å². The molecular weight excluding hydrogens is 362 g/mol. The van der Waals surface area contributed by atoms with Gasteiger partial charge in [0.2, 0.25) is 5.88 Å². The van der Waals surface area contributed by atoms with Gasteiger partial charge in [-0.05, 0) is 55.7 Å². The van der Waals surface area contributed by atoms with Crippen molar-refractivity contribution < 1.29 is 4.74 Å². The molecule has 0 aliphatic rings. The maximum absolute atomic E-state index is 6.26. The van der Waals surface area contributed by atoms with Gasteiger partial charge < -0.3 is 4.74 Å². The Morgan fingerprint density at radius 3 is 2.59 bits per heavy atom. The van der Waals surface area contributed by atoms with Crippen molar-refractivity contribution in [1.82, 2.24) is 24.7 Å². The number of pyridine rings is 1. The Hall–Kier alpha value is -3.80. The highest BCUT2D eigenvalue weighted by Crippen LogP contribution is 2.34. The summed E-state index contributed by atoms with van der Waals surface area (Å²) in [5, 5.41) is 6.31. The molecule has 0 amide bonds. The highest BCUT2D eigenvalue weighted by atomic mass is 16.5. The molecule has 0 bridgehead atoms. The van der Waals surface area contributed by atoms with Gasteiger partial charge in [0.15, 0.2) is 11.4 Å². The molecule has 0 radical (unpaired) electrons. The summed E-state index contributed by atoms with van der Waals surface area (Å²) in [6, 6.07) is 14.2. The molecule has 6 nitrogen and oxygen atoms in total. The van der Waals surface area contributed by atoms with Gasteiger partial charge in [0.25, 0.3) is 0 Å². The molecule has 0 atom stereocenters. The molecule has 0 N–H and O–H groups in total. The molecule has 0 saturated carbocycles. The third-order valence-corrected chi connectivity index (χ3v) is 5.19. The summed E-state index contributed by atoms with van der Waals surface area (Å²) in [7, 11) is 0. The Bertz CT molecular complexity index is 1370. The molecule has 142 valence electrons. The van der Waals surface area contributed by atoms with Crippen LogP contribution in [0.2, 0.25) is 0 Å². The van der Waals surface area contributed by atoms with Crippen LogP contribution in [0.5, 0.6) is 11.6 Å². The number of ether oxygens (including phenoxy) is 1. The zero-order chi connectivity index (χ0) is 20.0. The summed E-state index contributed by atoms with van der Waals surface area (Å²) in [6.07, 6.45) is 5.01. The van der Waals surface area contributed by atoms with Crippen molar-refractivity contribution in [2.75, 3.05) is 0 Å². The highest BCUT2D eigenvalue weighted by molar-refractivity contribution is 5.87. The van der Waals surface area contributed by atoms with Gasteiger partial charge in [-0.15, -0.1) is 0 Å². The van der Waals surface area contributed by atoms with E-state index in [9.17, 15) is 0 Å². The zero-order valence-electron chi connectivity index (χ0n) is 16.4. The fraction of sp³-hybridized carbons (Fsp3) is 0.130. The van der Waals surface area contributed by atoms with Crippen molar-refractivity contribution in [3.05, 3.63) is 77.9 Å². The van der Waals surface area contributed by atoms with Crippen molar-refractivity contribution in [3.63, 3.8) is 0 Å². The van der Waals surface area contributed by atoms with Gasteiger partial charge in [0, 0.05) is 11.6 Å². The topological polar surface area (TPSA) is 65.7 Å². The molecule has 5 rings (SSSR count). The van der Waals surface area contributed by atoms with E-state index in [4.69, 9.17) is 4.74 Å². The van der Waals surface area contributed by atoms with Crippen LogP contribution >= 0.6 is 0 Å². The Labute approximate surface area is 167 Å². The van der Waals surface area contributed by atoms with Gasteiger partial charge in [0.05, 0.1) is 11.9 Å². The first-order valence-corrected chi connectivity index (χ1v) is 9.40. The minimum Gasteiger partial charge on any atom is -0.436 e. The molecule has 0 unspecified atom stereocenters. The Morgan fingerprint density at radius 2 is 1.72 bits per heavy atom. The molecule has 0 saturated heterocycles. The number of benzene rings is 2. The molecule has 0 fully saturated rings. The van der Waals surface area contributed by atoms with Crippen LogP contribution in [0, 0.1) is 20.8 Å². The van der Waals surface area contributed by atoms with Gasteiger partial charge in [0.1, 0.15) is 17.2 Å². The van der Waals surface area contributed by atoms with Crippen LogP contribution in [0.1, 0.15) is 16.7 Å². The first-order valence-electron chi connectivity index (χ1n) is 9.40. The Balaban J connectivity index is 1.64. The minimum absolute atomic E-state index is 0.464. The second kappa shape index (κ2) is 6.67. The zero-order valence-corrected chi connectivity index (χ0v) is 16.4. The molecule has 0 aliphatic carbocycles. The molecule has 2 aromatic carbocycles. The normalized spacial score (nSPS) is 11.3. The SMILES string of the molecule is Cc1ccc(-n2ncc3c(Oc4c(C)ccc5cccnc45)ncnc32)cc1C. The molecular formula is C23H19N5O. The van der Waals surface area contributed by atoms with E-state index in [1.807, 2.05) is 41.9 Å². The summed E-state index contributed by atoms with van der Waals surface area (Å²) in [4.78, 5) is 13.3. The number of nitrogens with zero attached hydrogens (tertiary/aromatic N) is 5. The predicted octanol–water partition coefficient (Wildman–Crippen LogP) is 5.08. The van der Waals surface area contributed by atoms with E-state index in [-0.39, 0.29) is 0 Å². The lowest BCUT2D eigenvalue weighted by Crippen LogP contribution is -1.99. The number of hydrogen-bond donors (Lipinski definition) is 0. The van der Waals surface area contributed by atoms with Crippen molar-refractivity contribution in [3.8, 4) is 17.3 Å². The molecule has 3 heterocycles. The van der Waals surface area contributed by atoms with Crippen molar-refractivity contribution in [2.24, 2.45) is 0 Å². The minimum atomic E-state index is 0.464. The second-order valence-corrected chi connectivity index (χ2v) is 7.13. The first-order chi connectivity index (χ1) is 14.1. The molecule has 0 spiro atoms. The van der Waals surface area contributed by atoms with E-state index in [1.165, 1.54) is 17.5 Å². The highest BCUT2D eigenvalue weighted by Gasteiger charge is 2.16. The summed E-state index contributed by atoms with van der Waals surface area (Å²) in [5.41, 5.74) is 5.89. The van der Waals surface area contributed by atoms with E-state index >= 15 is 0 Å². The van der Waals surface area contributed by atoms with Crippen LogP contribution in [0.4, 0.5) is 0 Å². The van der Waals surface area contributed by atoms with Crippen molar-refractivity contribution in [2.45, 2.75) is 20.8 Å². The lowest BCUT2D eigenvalue weighted by Gasteiger charge is -2.11. The average molecular weight is 381 g/mol. The van der Waals surface area contributed by atoms with Gasteiger partial charge >= 0.3 is 0 Å². The van der Waals surface area contributed by atoms with Crippen LogP contribution in [-0.2, 0) is 0 Å². The van der Waals surface area contributed by atoms with Crippen LogP contribution in [0.3, 0.4) is 0 Å². The van der Waals surface area contributed by atoms with Crippen LogP contribution in [0.25, 0.3) is 27.6 Å². The maximum atomic E-state index is 6.26. The van der Waals surface area contributed by atoms with Crippen LogP contribution in [-0.4, -0.2) is 24.7 Å². The Kier molecular flexibility index (Phi) is 3.98. The van der Waals surface area contributed by atoms with Crippen molar-refractivity contribution in [1.29, 1.82) is 0 Å². The molecule has 5 aromatic rings. The molecule has 6 heteroatoms. The fourth-order valence-corrected chi connectivity index (χ4v) is 3.39. The van der Waals surface area contributed by atoms with E-state index in [2.05, 4.69) is 46.0 Å². The van der Waals surface area contributed by atoms with E-state index in [0.29, 0.717) is 17.3 Å². The summed E-state index contributed by atoms with van der Waals surface area (Å²) < 4.78 is 8.07. The Morgan fingerprint density at radius 1 is 0.862 bits per heavy atom. The van der Waals surface area contributed by atoms with E-state index in [0.717, 1.165) is 27.5 Å². The quantitative estimate of drug-likeness (QED) is 0.436. The molecule has 0 aliphatic heterocycles. The summed E-state index contributed by atoms with van der Waals surface area (Å²) >= 11 is 0. The number of rotatable bonds is 3. The van der Waals surface area contributed by atoms with Crippen LogP contribution in [0.15, 0.2) is 61.2 Å². The first kappa shape index (κ1) is 17.3. The third-order valence-electron chi connectivity index (χ3n) is 5.19. The number of aryl methyl sites for hydroxylation is 3. The van der Waals surface area contributed by atoms with Gasteiger partial charge in [-0.1, -0.05) is 24.3 Å². The summed E-state index contributed by atoms with van der Waals surface area (Å²) in [5.74, 6) is 1.16. The second-order valence-electron chi connectivity index (χ2n) is 7.13. The van der Waals surface area contributed by atoms with Gasteiger partial charge in [-0.2, -0.15) is 5.10 Å². The molecule has 29 heavy (non-hydrogen) atoms. The maximum Gasteiger partial charge on any atom is 0.233 e. The fourth-order valence-electron chi connectivity index (χ4n) is 3.39. The standard InChI is InChI=1S/C23H19N5O/c1-14-7-9-18(11-16(14)3)28-22-19(12-27-28)23(26-13-25-22)29-21-15(2)6-8-17-5-4-10-24-20(17)21/h4-13H,1-3H3. The van der Waals surface area contributed by atoms with E-state index in [1.54, 1.807) is 12.4 Å². The van der Waals surface area contributed by atoms with Gasteiger partial charge in [-0.25, -0.2) is 14.6 Å². The molecule has 3 aromatic heterocycles. The third kappa shape index (κ3) is 2.89.